The fraction of sp³-hybridized carbons (Fsp3) is 0.500. The molecular weight excluding hydrogens is 270 g/mol. The van der Waals surface area contributed by atoms with Gasteiger partial charge in [-0.1, -0.05) is 19.3 Å². The molecule has 1 aliphatic carbocycles. The third kappa shape index (κ3) is 3.61. The summed E-state index contributed by atoms with van der Waals surface area (Å²) in [6.07, 6.45) is 5.61. The van der Waals surface area contributed by atoms with Gasteiger partial charge in [0.05, 0.1) is 19.8 Å². The quantitative estimate of drug-likeness (QED) is 0.684. The minimum Gasteiger partial charge on any atom is -0.465 e. The Hall–Kier alpha value is -1.88. The number of hydrogen-bond acceptors (Lipinski definition) is 4. The molecule has 1 N–H and O–H groups in total. The molecule has 1 aliphatic rings. The molecule has 21 heavy (non-hydrogen) atoms. The van der Waals surface area contributed by atoms with Gasteiger partial charge in [0.15, 0.2) is 0 Å². The normalized spacial score (nSPS) is 15.5. The van der Waals surface area contributed by atoms with E-state index in [1.165, 1.54) is 20.6 Å². The van der Waals surface area contributed by atoms with Crippen molar-refractivity contribution < 1.29 is 19.2 Å². The van der Waals surface area contributed by atoms with E-state index in [0.717, 1.165) is 31.2 Å². The number of hydrogen-bond donors (Lipinski definition) is 1. The molecule has 0 aliphatic heterocycles. The van der Waals surface area contributed by atoms with Crippen LogP contribution in [0.25, 0.3) is 0 Å². The van der Waals surface area contributed by atoms with E-state index in [2.05, 4.69) is 5.48 Å². The van der Waals surface area contributed by atoms with Gasteiger partial charge in [-0.05, 0) is 42.5 Å². The van der Waals surface area contributed by atoms with Crippen LogP contribution in [-0.4, -0.2) is 26.1 Å². The van der Waals surface area contributed by atoms with Gasteiger partial charge in [-0.3, -0.25) is 9.63 Å². The van der Waals surface area contributed by atoms with Gasteiger partial charge in [0, 0.05) is 5.56 Å². The third-order valence-electron chi connectivity index (χ3n) is 3.96. The van der Waals surface area contributed by atoms with Gasteiger partial charge >= 0.3 is 5.97 Å². The second-order valence-electron chi connectivity index (χ2n) is 5.26. The molecule has 5 heteroatoms. The van der Waals surface area contributed by atoms with Gasteiger partial charge in [-0.15, -0.1) is 0 Å². The van der Waals surface area contributed by atoms with E-state index >= 15 is 0 Å². The van der Waals surface area contributed by atoms with Crippen molar-refractivity contribution in [1.82, 2.24) is 5.48 Å². The summed E-state index contributed by atoms with van der Waals surface area (Å²) in [6, 6.07) is 5.07. The smallest absolute Gasteiger partial charge is 0.337 e. The second kappa shape index (κ2) is 7.22. The number of esters is 1. The lowest BCUT2D eigenvalue weighted by Gasteiger charge is -2.24. The van der Waals surface area contributed by atoms with E-state index in [1.807, 2.05) is 0 Å². The summed E-state index contributed by atoms with van der Waals surface area (Å²) >= 11 is 0. The number of ether oxygens (including phenoxy) is 1. The molecule has 0 spiro atoms. The van der Waals surface area contributed by atoms with E-state index in [-0.39, 0.29) is 11.9 Å². The van der Waals surface area contributed by atoms with E-state index in [1.54, 1.807) is 18.2 Å². The molecule has 0 heterocycles. The summed E-state index contributed by atoms with van der Waals surface area (Å²) in [4.78, 5) is 28.5. The zero-order valence-corrected chi connectivity index (χ0v) is 12.5. The first-order chi connectivity index (χ1) is 10.2. The van der Waals surface area contributed by atoms with Crippen LogP contribution in [0.1, 0.15) is 64.3 Å². The lowest BCUT2D eigenvalue weighted by molar-refractivity contribution is 0.0534. The molecule has 0 bridgehead atoms. The summed E-state index contributed by atoms with van der Waals surface area (Å²) in [5.41, 5.74) is 4.30. The summed E-state index contributed by atoms with van der Waals surface area (Å²) in [7, 11) is 2.76. The first-order valence-corrected chi connectivity index (χ1v) is 7.23. The molecule has 1 fully saturated rings. The Balaban J connectivity index is 2.38. The molecule has 0 atom stereocenters. The molecule has 1 aromatic rings. The van der Waals surface area contributed by atoms with Gasteiger partial charge in [-0.2, -0.15) is 0 Å². The van der Waals surface area contributed by atoms with Crippen LogP contribution in [0.2, 0.25) is 0 Å². The average molecular weight is 291 g/mol. The minimum atomic E-state index is -0.384. The van der Waals surface area contributed by atoms with Crippen LogP contribution in [0.15, 0.2) is 18.2 Å². The highest BCUT2D eigenvalue weighted by Gasteiger charge is 2.23. The largest absolute Gasteiger partial charge is 0.465 e. The summed E-state index contributed by atoms with van der Waals surface area (Å²) < 4.78 is 4.76. The number of carbonyl (C=O) groups is 2. The first kappa shape index (κ1) is 15.5. The standard InChI is InChI=1S/C16H21NO4/c1-20-16(19)12-8-9-13(15(18)17-21-2)14(10-12)11-6-4-3-5-7-11/h8-11H,3-7H2,1-2H3,(H,17,18). The van der Waals surface area contributed by atoms with Crippen molar-refractivity contribution in [3.63, 3.8) is 0 Å². The maximum Gasteiger partial charge on any atom is 0.337 e. The molecule has 0 saturated heterocycles. The van der Waals surface area contributed by atoms with Crippen LogP contribution in [0, 0.1) is 0 Å². The van der Waals surface area contributed by atoms with Crippen LogP contribution >= 0.6 is 0 Å². The number of methoxy groups -OCH3 is 1. The van der Waals surface area contributed by atoms with Gasteiger partial charge in [0.2, 0.25) is 0 Å². The highest BCUT2D eigenvalue weighted by atomic mass is 16.6. The monoisotopic (exact) mass is 291 g/mol. The van der Waals surface area contributed by atoms with Gasteiger partial charge in [-0.25, -0.2) is 10.3 Å². The van der Waals surface area contributed by atoms with Crippen LogP contribution in [-0.2, 0) is 9.57 Å². The Bertz CT molecular complexity index is 521. The molecular formula is C16H21NO4. The zero-order chi connectivity index (χ0) is 15.2. The highest BCUT2D eigenvalue weighted by Crippen LogP contribution is 2.35. The Morgan fingerprint density at radius 2 is 1.86 bits per heavy atom. The number of hydroxylamine groups is 1. The molecule has 1 amide bonds. The fourth-order valence-electron chi connectivity index (χ4n) is 2.91. The molecule has 0 unspecified atom stereocenters. The van der Waals surface area contributed by atoms with E-state index in [0.29, 0.717) is 17.0 Å². The van der Waals surface area contributed by atoms with E-state index in [9.17, 15) is 9.59 Å². The molecule has 0 aromatic heterocycles. The molecule has 1 aromatic carbocycles. The molecule has 5 nitrogen and oxygen atoms in total. The zero-order valence-electron chi connectivity index (χ0n) is 12.5. The Morgan fingerprint density at radius 3 is 2.48 bits per heavy atom. The summed E-state index contributed by atoms with van der Waals surface area (Å²) in [5.74, 6) is -0.360. The van der Waals surface area contributed by atoms with Crippen molar-refractivity contribution in [3.8, 4) is 0 Å². The molecule has 114 valence electrons. The molecule has 2 rings (SSSR count). The van der Waals surface area contributed by atoms with Crippen molar-refractivity contribution in [1.29, 1.82) is 0 Å². The average Bonchev–Trinajstić information content (AvgIpc) is 2.54. The predicted molar refractivity (Wildman–Crippen MR) is 78.1 cm³/mol. The lowest BCUT2D eigenvalue weighted by Crippen LogP contribution is -2.24. The highest BCUT2D eigenvalue weighted by molar-refractivity contribution is 5.97. The van der Waals surface area contributed by atoms with Gasteiger partial charge < -0.3 is 4.74 Å². The third-order valence-corrected chi connectivity index (χ3v) is 3.96. The lowest BCUT2D eigenvalue weighted by atomic mass is 9.81. The number of amides is 1. The van der Waals surface area contributed by atoms with Crippen molar-refractivity contribution in [3.05, 3.63) is 34.9 Å². The predicted octanol–water partition coefficient (Wildman–Crippen LogP) is 2.81. The Morgan fingerprint density at radius 1 is 1.14 bits per heavy atom. The van der Waals surface area contributed by atoms with Crippen LogP contribution in [0.3, 0.4) is 0 Å². The molecule has 0 radical (unpaired) electrons. The number of benzene rings is 1. The second-order valence-corrected chi connectivity index (χ2v) is 5.26. The van der Waals surface area contributed by atoms with E-state index < -0.39 is 0 Å². The maximum absolute atomic E-state index is 12.1. The number of carbonyl (C=O) groups excluding carboxylic acids is 2. The SMILES string of the molecule is CONC(=O)c1ccc(C(=O)OC)cc1C1CCCCC1. The van der Waals surface area contributed by atoms with Crippen LogP contribution in [0.4, 0.5) is 0 Å². The molecule has 1 saturated carbocycles. The van der Waals surface area contributed by atoms with Crippen LogP contribution in [0.5, 0.6) is 0 Å². The summed E-state index contributed by atoms with van der Waals surface area (Å²) in [6.45, 7) is 0. The minimum absolute atomic E-state index is 0.283. The summed E-state index contributed by atoms with van der Waals surface area (Å²) in [5, 5.41) is 0. The Labute approximate surface area is 124 Å². The van der Waals surface area contributed by atoms with Crippen molar-refractivity contribution in [2.24, 2.45) is 0 Å². The fourth-order valence-corrected chi connectivity index (χ4v) is 2.91. The number of rotatable bonds is 4. The first-order valence-electron chi connectivity index (χ1n) is 7.23. The Kier molecular flexibility index (Phi) is 5.33. The van der Waals surface area contributed by atoms with E-state index in [4.69, 9.17) is 9.57 Å². The van der Waals surface area contributed by atoms with Crippen LogP contribution < -0.4 is 5.48 Å². The van der Waals surface area contributed by atoms with Gasteiger partial charge in [0.25, 0.3) is 5.91 Å². The topological polar surface area (TPSA) is 64.6 Å². The maximum atomic E-state index is 12.1. The van der Waals surface area contributed by atoms with Crippen molar-refractivity contribution >= 4 is 11.9 Å². The number of nitrogens with one attached hydrogen (secondary N) is 1. The van der Waals surface area contributed by atoms with Gasteiger partial charge in [0.1, 0.15) is 0 Å². The van der Waals surface area contributed by atoms with Crippen molar-refractivity contribution in [2.45, 2.75) is 38.0 Å². The van der Waals surface area contributed by atoms with Crippen molar-refractivity contribution in [2.75, 3.05) is 14.2 Å².